The van der Waals surface area contributed by atoms with Crippen molar-refractivity contribution in [1.29, 1.82) is 0 Å². The van der Waals surface area contributed by atoms with Gasteiger partial charge in [-0.25, -0.2) is 35.1 Å². The minimum absolute atomic E-state index is 0.0171. The molecule has 0 aliphatic carbocycles. The van der Waals surface area contributed by atoms with Gasteiger partial charge in [-0.3, -0.25) is 0 Å². The molecule has 8 rings (SSSR count). The van der Waals surface area contributed by atoms with Crippen LogP contribution in [0.4, 0.5) is 35.1 Å². The Bertz CT molecular complexity index is 2530. The fourth-order valence-electron chi connectivity index (χ4n) is 6.91. The van der Waals surface area contributed by atoms with Crippen LogP contribution in [0.25, 0.3) is 76.8 Å². The zero-order valence-corrected chi connectivity index (χ0v) is 24.4. The molecule has 0 N–H and O–H groups in total. The Morgan fingerprint density at radius 3 is 1.21 bits per heavy atom. The smallest absolute Gasteiger partial charge is 0.126 e. The molecule has 0 amide bonds. The lowest BCUT2D eigenvalue weighted by Crippen LogP contribution is -2.00. The highest BCUT2D eigenvalue weighted by Crippen LogP contribution is 2.53. The Hall–Kier alpha value is -5.76. The van der Waals surface area contributed by atoms with Gasteiger partial charge in [0.05, 0.1) is 0 Å². The van der Waals surface area contributed by atoms with Gasteiger partial charge < -0.3 is 0 Å². The van der Waals surface area contributed by atoms with Crippen molar-refractivity contribution in [2.24, 2.45) is 0 Å². The van der Waals surface area contributed by atoms with Crippen LogP contribution in [0, 0.1) is 46.5 Å². The second-order valence-electron chi connectivity index (χ2n) is 11.6. The molecule has 234 valence electrons. The molecular weight excluding hydrogens is 632 g/mol. The summed E-state index contributed by atoms with van der Waals surface area (Å²) in [6.07, 6.45) is 0. The monoisotopic (exact) mass is 650 g/mol. The third kappa shape index (κ3) is 4.83. The second-order valence-corrected chi connectivity index (χ2v) is 11.6. The Balaban J connectivity index is 1.74. The van der Waals surface area contributed by atoms with Crippen molar-refractivity contribution in [3.8, 4) is 44.5 Å². The maximum Gasteiger partial charge on any atom is 0.126 e. The van der Waals surface area contributed by atoms with Gasteiger partial charge in [-0.2, -0.15) is 0 Å². The van der Waals surface area contributed by atoms with Gasteiger partial charge in [-0.15, -0.1) is 0 Å². The molecule has 8 aromatic carbocycles. The summed E-state index contributed by atoms with van der Waals surface area (Å²) in [4.78, 5) is 0. The van der Waals surface area contributed by atoms with Gasteiger partial charge in [0.15, 0.2) is 0 Å². The fourth-order valence-corrected chi connectivity index (χ4v) is 6.91. The van der Waals surface area contributed by atoms with Crippen LogP contribution in [0.5, 0.6) is 0 Å². The molecule has 8 aromatic rings. The van der Waals surface area contributed by atoms with Crippen molar-refractivity contribution in [2.45, 2.75) is 0 Å². The molecule has 0 radical (unpaired) electrons. The summed E-state index contributed by atoms with van der Waals surface area (Å²) in [7, 11) is 0. The van der Waals surface area contributed by atoms with E-state index in [9.17, 15) is 17.6 Å². The third-order valence-electron chi connectivity index (χ3n) is 8.54. The molecule has 0 saturated heterocycles. The minimum atomic E-state index is -0.991. The molecule has 0 bridgehead atoms. The molecule has 48 heavy (non-hydrogen) atoms. The van der Waals surface area contributed by atoms with E-state index in [0.29, 0.717) is 45.8 Å². The topological polar surface area (TPSA) is 0 Å². The quantitative estimate of drug-likeness (QED) is 0.131. The molecule has 0 aliphatic heterocycles. The Morgan fingerprint density at radius 1 is 0.292 bits per heavy atom. The summed E-state index contributed by atoms with van der Waals surface area (Å²) in [6, 6.07) is 21.5. The highest BCUT2D eigenvalue weighted by atomic mass is 19.2. The molecule has 0 aromatic heterocycles. The van der Waals surface area contributed by atoms with Crippen LogP contribution < -0.4 is 0 Å². The van der Waals surface area contributed by atoms with Crippen LogP contribution >= 0.6 is 0 Å². The van der Waals surface area contributed by atoms with E-state index in [1.807, 2.05) is 6.07 Å². The van der Waals surface area contributed by atoms with Crippen LogP contribution in [0.3, 0.4) is 0 Å². The number of halogens is 8. The highest BCUT2D eigenvalue weighted by Gasteiger charge is 2.27. The van der Waals surface area contributed by atoms with Crippen LogP contribution in [-0.2, 0) is 0 Å². The van der Waals surface area contributed by atoms with Gasteiger partial charge in [-0.05, 0) is 131 Å². The molecule has 0 fully saturated rings. The van der Waals surface area contributed by atoms with Crippen molar-refractivity contribution in [3.05, 3.63) is 156 Å². The average Bonchev–Trinajstić information content (AvgIpc) is 3.00. The molecule has 0 heterocycles. The summed E-state index contributed by atoms with van der Waals surface area (Å²) in [5, 5.41) is 3.02. The van der Waals surface area contributed by atoms with Crippen LogP contribution in [0.1, 0.15) is 0 Å². The van der Waals surface area contributed by atoms with Gasteiger partial charge >= 0.3 is 0 Å². The zero-order chi connectivity index (χ0) is 33.4. The van der Waals surface area contributed by atoms with Gasteiger partial charge in [-0.1, -0.05) is 30.3 Å². The first kappa shape index (κ1) is 29.6. The molecule has 0 spiro atoms. The van der Waals surface area contributed by atoms with E-state index in [1.165, 1.54) is 0 Å². The van der Waals surface area contributed by atoms with E-state index in [4.69, 9.17) is 0 Å². The van der Waals surface area contributed by atoms with E-state index in [1.54, 1.807) is 30.3 Å². The van der Waals surface area contributed by atoms with Gasteiger partial charge in [0.25, 0.3) is 0 Å². The minimum Gasteiger partial charge on any atom is -0.207 e. The van der Waals surface area contributed by atoms with Crippen molar-refractivity contribution in [2.75, 3.05) is 0 Å². The summed E-state index contributed by atoms with van der Waals surface area (Å²) in [6.45, 7) is 0. The van der Waals surface area contributed by atoms with Crippen LogP contribution in [-0.4, -0.2) is 0 Å². The summed E-state index contributed by atoms with van der Waals surface area (Å²) >= 11 is 0. The molecule has 0 aliphatic rings. The normalized spacial score (nSPS) is 11.8. The van der Waals surface area contributed by atoms with E-state index in [-0.39, 0.29) is 49.9 Å². The van der Waals surface area contributed by atoms with Crippen LogP contribution in [0.15, 0.2) is 109 Å². The first-order chi connectivity index (χ1) is 23.0. The molecule has 0 nitrogen and oxygen atoms in total. The largest absolute Gasteiger partial charge is 0.207 e. The predicted molar refractivity (Wildman–Crippen MR) is 172 cm³/mol. The van der Waals surface area contributed by atoms with E-state index < -0.39 is 46.5 Å². The van der Waals surface area contributed by atoms with E-state index >= 15 is 17.6 Å². The van der Waals surface area contributed by atoms with Gasteiger partial charge in [0, 0.05) is 24.3 Å². The average molecular weight is 651 g/mol. The Kier molecular flexibility index (Phi) is 6.73. The lowest BCUT2D eigenvalue weighted by Gasteiger charge is -2.26. The molecule has 0 saturated carbocycles. The maximum atomic E-state index is 15.1. The third-order valence-corrected chi connectivity index (χ3v) is 8.54. The van der Waals surface area contributed by atoms with Crippen LogP contribution in [0.2, 0.25) is 0 Å². The lowest BCUT2D eigenvalue weighted by atomic mass is 9.77. The van der Waals surface area contributed by atoms with Crippen molar-refractivity contribution in [1.82, 2.24) is 0 Å². The summed E-state index contributed by atoms with van der Waals surface area (Å²) < 4.78 is 120. The van der Waals surface area contributed by atoms with Crippen molar-refractivity contribution >= 4 is 32.3 Å². The first-order valence-electron chi connectivity index (χ1n) is 14.7. The SMILES string of the molecule is Fc1cc(F)cc(-c2c(-c3cc(F)cc(F)c3)c3ccc4cccc5cc(-c6cc(F)cc(F)c6)c(c2-c2cc(F)cc(F)c2)c3c45)c1. The van der Waals surface area contributed by atoms with Gasteiger partial charge in [0.1, 0.15) is 46.5 Å². The number of hydrogen-bond acceptors (Lipinski definition) is 0. The van der Waals surface area contributed by atoms with Crippen molar-refractivity contribution in [3.63, 3.8) is 0 Å². The van der Waals surface area contributed by atoms with E-state index in [0.717, 1.165) is 53.9 Å². The number of rotatable bonds is 4. The van der Waals surface area contributed by atoms with E-state index in [2.05, 4.69) is 0 Å². The Morgan fingerprint density at radius 2 is 0.708 bits per heavy atom. The first-order valence-corrected chi connectivity index (χ1v) is 14.7. The summed E-state index contributed by atoms with van der Waals surface area (Å²) in [5.74, 6) is -7.62. The molecule has 8 heteroatoms. The fraction of sp³-hybridized carbons (Fsp3) is 0. The number of hydrogen-bond donors (Lipinski definition) is 0. The molecular formula is C40H18F8. The molecule has 0 atom stereocenters. The summed E-state index contributed by atoms with van der Waals surface area (Å²) in [5.41, 5.74) is 0.173. The van der Waals surface area contributed by atoms with Gasteiger partial charge in [0.2, 0.25) is 0 Å². The maximum absolute atomic E-state index is 15.1. The highest BCUT2D eigenvalue weighted by molar-refractivity contribution is 6.34. The standard InChI is InChI=1S/C40H18F8/c41-25-6-21(7-26(42)15-25)34-14-20-3-1-2-19-4-5-33-36(22-8-27(43)16-28(44)9-22)37(23-10-29(45)17-30(46)11-23)38(40(34)39(33)35(19)20)24-12-31(47)18-32(48)13-24/h1-18H. The lowest BCUT2D eigenvalue weighted by molar-refractivity contribution is 0.583. The predicted octanol–water partition coefficient (Wildman–Crippen LogP) is 12.4. The second kappa shape index (κ2) is 10.9. The zero-order valence-electron chi connectivity index (χ0n) is 24.4. The Labute approximate surface area is 267 Å². The molecule has 0 unspecified atom stereocenters. The van der Waals surface area contributed by atoms with Crippen molar-refractivity contribution < 1.29 is 35.1 Å². The number of benzene rings is 8.